The van der Waals surface area contributed by atoms with Gasteiger partial charge in [0, 0.05) is 24.2 Å². The first kappa shape index (κ1) is 29.4. The van der Waals surface area contributed by atoms with E-state index in [9.17, 15) is 22.4 Å². The third kappa shape index (κ3) is 6.51. The van der Waals surface area contributed by atoms with Gasteiger partial charge in [0.05, 0.1) is 10.6 Å². The van der Waals surface area contributed by atoms with Gasteiger partial charge in [-0.1, -0.05) is 49.2 Å². The van der Waals surface area contributed by atoms with E-state index in [2.05, 4.69) is 5.32 Å². The molecule has 1 aliphatic heterocycles. The normalized spacial score (nSPS) is 15.6. The van der Waals surface area contributed by atoms with Crippen LogP contribution in [0.5, 0.6) is 11.5 Å². The van der Waals surface area contributed by atoms with E-state index in [1.54, 1.807) is 43.3 Å². The summed E-state index contributed by atoms with van der Waals surface area (Å²) < 4.78 is 54.9. The molecule has 1 aliphatic carbocycles. The lowest BCUT2D eigenvalue weighted by Gasteiger charge is -2.32. The summed E-state index contributed by atoms with van der Waals surface area (Å²) >= 11 is 0. The number of sulfonamides is 1. The Labute approximate surface area is 245 Å². The molecule has 2 amide bonds. The number of carbonyl (C=O) groups excluding carboxylic acids is 2. The van der Waals surface area contributed by atoms with Crippen LogP contribution in [0, 0.1) is 5.82 Å². The molecule has 3 aromatic rings. The molecule has 5 rings (SSSR count). The highest BCUT2D eigenvalue weighted by Crippen LogP contribution is 2.36. The summed E-state index contributed by atoms with van der Waals surface area (Å²) in [4.78, 5) is 28.6. The smallest absolute Gasteiger partial charge is 0.264 e. The Balaban J connectivity index is 1.50. The van der Waals surface area contributed by atoms with Gasteiger partial charge >= 0.3 is 0 Å². The van der Waals surface area contributed by atoms with Gasteiger partial charge in [0.2, 0.25) is 11.8 Å². The van der Waals surface area contributed by atoms with Crippen LogP contribution in [0.3, 0.4) is 0 Å². The quantitative estimate of drug-likeness (QED) is 0.376. The predicted molar refractivity (Wildman–Crippen MR) is 155 cm³/mol. The van der Waals surface area contributed by atoms with Crippen molar-refractivity contribution >= 4 is 27.5 Å². The zero-order chi connectivity index (χ0) is 29.7. The second-order valence-electron chi connectivity index (χ2n) is 10.4. The molecule has 2 aliphatic rings. The molecule has 1 unspecified atom stereocenters. The van der Waals surface area contributed by atoms with Crippen molar-refractivity contribution in [2.24, 2.45) is 0 Å². The van der Waals surface area contributed by atoms with Crippen LogP contribution in [0.4, 0.5) is 10.1 Å². The van der Waals surface area contributed by atoms with Gasteiger partial charge in [0.15, 0.2) is 11.5 Å². The average Bonchev–Trinajstić information content (AvgIpc) is 3.52. The third-order valence-corrected chi connectivity index (χ3v) is 9.38. The number of hydrogen-bond donors (Lipinski definition) is 1. The topological polar surface area (TPSA) is 105 Å². The van der Waals surface area contributed by atoms with Gasteiger partial charge in [-0.3, -0.25) is 13.9 Å². The van der Waals surface area contributed by atoms with E-state index >= 15 is 0 Å². The van der Waals surface area contributed by atoms with Crippen LogP contribution in [0.25, 0.3) is 0 Å². The molecule has 1 fully saturated rings. The van der Waals surface area contributed by atoms with Crippen LogP contribution in [-0.2, 0) is 26.2 Å². The molecule has 1 heterocycles. The minimum atomic E-state index is -4.24. The van der Waals surface area contributed by atoms with E-state index in [-0.39, 0.29) is 34.6 Å². The molecule has 1 saturated carbocycles. The lowest BCUT2D eigenvalue weighted by atomic mass is 10.1. The first-order valence-electron chi connectivity index (χ1n) is 14.0. The number of fused-ring (bicyclic) bond motifs is 1. The van der Waals surface area contributed by atoms with Crippen molar-refractivity contribution < 1.29 is 31.9 Å². The van der Waals surface area contributed by atoms with Gasteiger partial charge in [-0.2, -0.15) is 0 Å². The molecular formula is C31H34FN3O6S. The maximum absolute atomic E-state index is 14.7. The zero-order valence-corrected chi connectivity index (χ0v) is 24.2. The second kappa shape index (κ2) is 12.8. The SMILES string of the molecule is CC(C(=O)NC1CCCC1)N(Cc1ccccc1F)C(=O)CN(c1ccc2c(c1)OCCO2)S(=O)(=O)c1ccccc1. The minimum absolute atomic E-state index is 0.0121. The maximum Gasteiger partial charge on any atom is 0.264 e. The van der Waals surface area contributed by atoms with Crippen molar-refractivity contribution in [1.29, 1.82) is 0 Å². The fourth-order valence-corrected chi connectivity index (χ4v) is 6.65. The molecule has 1 N–H and O–H groups in total. The van der Waals surface area contributed by atoms with Crippen LogP contribution in [0.1, 0.15) is 38.2 Å². The summed E-state index contributed by atoms with van der Waals surface area (Å²) in [6.45, 7) is 1.38. The molecule has 1 atom stereocenters. The summed E-state index contributed by atoms with van der Waals surface area (Å²) in [6, 6.07) is 17.4. The molecule has 11 heteroatoms. The lowest BCUT2D eigenvalue weighted by molar-refractivity contribution is -0.139. The van der Waals surface area contributed by atoms with Crippen molar-refractivity contribution in [1.82, 2.24) is 10.2 Å². The Morgan fingerprint density at radius 1 is 0.952 bits per heavy atom. The standard InChI is InChI=1S/C31H34FN3O6S/c1-22(31(37)33-24-10-6-7-11-24)34(20-23-9-5-8-14-27(23)32)30(36)21-35(42(38,39)26-12-3-2-4-13-26)25-15-16-28-29(19-25)41-18-17-40-28/h2-5,8-9,12-16,19,22,24H,6-7,10-11,17-18,20-21H2,1H3,(H,33,37). The van der Waals surface area contributed by atoms with E-state index in [1.165, 1.54) is 41.3 Å². The van der Waals surface area contributed by atoms with E-state index in [1.807, 2.05) is 0 Å². The van der Waals surface area contributed by atoms with Crippen molar-refractivity contribution in [3.05, 3.63) is 84.2 Å². The van der Waals surface area contributed by atoms with Crippen molar-refractivity contribution in [3.8, 4) is 11.5 Å². The molecule has 0 spiro atoms. The first-order valence-corrected chi connectivity index (χ1v) is 15.5. The number of benzene rings is 3. The Morgan fingerprint density at radius 3 is 2.33 bits per heavy atom. The van der Waals surface area contributed by atoms with E-state index in [0.29, 0.717) is 24.7 Å². The Hall–Kier alpha value is -4.12. The van der Waals surface area contributed by atoms with E-state index in [4.69, 9.17) is 9.47 Å². The second-order valence-corrected chi connectivity index (χ2v) is 12.3. The monoisotopic (exact) mass is 595 g/mol. The highest BCUT2D eigenvalue weighted by molar-refractivity contribution is 7.92. The van der Waals surface area contributed by atoms with Gasteiger partial charge < -0.3 is 19.7 Å². The zero-order valence-electron chi connectivity index (χ0n) is 23.4. The van der Waals surface area contributed by atoms with Gasteiger partial charge in [-0.05, 0) is 50.1 Å². The van der Waals surface area contributed by atoms with Crippen LogP contribution in [-0.4, -0.2) is 57.0 Å². The number of halogens is 1. The number of carbonyl (C=O) groups is 2. The minimum Gasteiger partial charge on any atom is -0.486 e. The molecule has 0 aromatic heterocycles. The first-order chi connectivity index (χ1) is 20.2. The van der Waals surface area contributed by atoms with Crippen LogP contribution < -0.4 is 19.1 Å². The van der Waals surface area contributed by atoms with Gasteiger partial charge in [-0.15, -0.1) is 0 Å². The van der Waals surface area contributed by atoms with Crippen LogP contribution in [0.15, 0.2) is 77.7 Å². The van der Waals surface area contributed by atoms with E-state index in [0.717, 1.165) is 30.0 Å². The fourth-order valence-electron chi connectivity index (χ4n) is 5.22. The summed E-state index contributed by atoms with van der Waals surface area (Å²) in [5.41, 5.74) is 0.397. The van der Waals surface area contributed by atoms with Gasteiger partial charge in [0.25, 0.3) is 10.0 Å². The molecule has 3 aromatic carbocycles. The number of amides is 2. The molecule has 0 saturated heterocycles. The predicted octanol–water partition coefficient (Wildman–Crippen LogP) is 4.27. The van der Waals surface area contributed by atoms with Gasteiger partial charge in [0.1, 0.15) is 31.6 Å². The molecule has 9 nitrogen and oxygen atoms in total. The van der Waals surface area contributed by atoms with Crippen molar-refractivity contribution in [3.63, 3.8) is 0 Å². The number of hydrogen-bond acceptors (Lipinski definition) is 6. The summed E-state index contributed by atoms with van der Waals surface area (Å²) in [5.74, 6) is -0.747. The molecule has 42 heavy (non-hydrogen) atoms. The van der Waals surface area contributed by atoms with Crippen LogP contribution in [0.2, 0.25) is 0 Å². The Morgan fingerprint density at radius 2 is 1.62 bits per heavy atom. The lowest BCUT2D eigenvalue weighted by Crippen LogP contribution is -2.52. The number of rotatable bonds is 10. The third-order valence-electron chi connectivity index (χ3n) is 7.59. The Bertz CT molecular complexity index is 1530. The maximum atomic E-state index is 14.7. The number of ether oxygens (including phenoxy) is 2. The molecular weight excluding hydrogens is 561 g/mol. The molecule has 222 valence electrons. The summed E-state index contributed by atoms with van der Waals surface area (Å²) in [6.07, 6.45) is 3.73. The number of nitrogens with zero attached hydrogens (tertiary/aromatic N) is 2. The molecule has 0 bridgehead atoms. The largest absolute Gasteiger partial charge is 0.486 e. The average molecular weight is 596 g/mol. The van der Waals surface area contributed by atoms with Gasteiger partial charge in [-0.25, -0.2) is 12.8 Å². The Kier molecular flexibility index (Phi) is 8.96. The number of nitrogens with one attached hydrogen (secondary N) is 1. The highest BCUT2D eigenvalue weighted by Gasteiger charge is 2.34. The number of anilines is 1. The van der Waals surface area contributed by atoms with Crippen molar-refractivity contribution in [2.75, 3.05) is 24.1 Å². The summed E-state index contributed by atoms with van der Waals surface area (Å²) in [7, 11) is -4.24. The highest BCUT2D eigenvalue weighted by atomic mass is 32.2. The van der Waals surface area contributed by atoms with E-state index < -0.39 is 34.3 Å². The summed E-state index contributed by atoms with van der Waals surface area (Å²) in [5, 5.41) is 3.00. The fraction of sp³-hybridized carbons (Fsp3) is 0.355. The van der Waals surface area contributed by atoms with Crippen molar-refractivity contribution in [2.45, 2.75) is 56.1 Å². The molecule has 0 radical (unpaired) electrons. The van der Waals surface area contributed by atoms with Crippen LogP contribution >= 0.6 is 0 Å².